The SMILES string of the molecule is CCc1nc2ccccn2c1C(=O)N(C)c1ccccc1. The molecular weight excluding hydrogens is 262 g/mol. The minimum atomic E-state index is -0.0447. The Kier molecular flexibility index (Phi) is 3.44. The number of carbonyl (C=O) groups excluding carboxylic acids is 1. The normalized spacial score (nSPS) is 10.8. The predicted molar refractivity (Wildman–Crippen MR) is 83.7 cm³/mol. The zero-order valence-electron chi connectivity index (χ0n) is 12.2. The summed E-state index contributed by atoms with van der Waals surface area (Å²) in [7, 11) is 1.79. The van der Waals surface area contributed by atoms with E-state index in [9.17, 15) is 4.79 Å². The molecule has 0 atom stereocenters. The van der Waals surface area contributed by atoms with Crippen molar-refractivity contribution in [3.05, 3.63) is 66.1 Å². The van der Waals surface area contributed by atoms with Gasteiger partial charge in [0.05, 0.1) is 5.69 Å². The van der Waals surface area contributed by atoms with Crippen LogP contribution < -0.4 is 4.90 Å². The minimum absolute atomic E-state index is 0.0447. The van der Waals surface area contributed by atoms with Crippen LogP contribution in [0.25, 0.3) is 5.65 Å². The summed E-state index contributed by atoms with van der Waals surface area (Å²) >= 11 is 0. The highest BCUT2D eigenvalue weighted by molar-refractivity contribution is 6.05. The van der Waals surface area contributed by atoms with Gasteiger partial charge < -0.3 is 4.90 Å². The van der Waals surface area contributed by atoms with Crippen LogP contribution in [0.4, 0.5) is 5.69 Å². The number of hydrogen-bond acceptors (Lipinski definition) is 2. The number of carbonyl (C=O) groups is 1. The number of imidazole rings is 1. The number of amides is 1. The largest absolute Gasteiger partial charge is 0.310 e. The molecule has 0 aliphatic heterocycles. The van der Waals surface area contributed by atoms with Crippen LogP contribution in [0.2, 0.25) is 0 Å². The molecule has 1 aromatic carbocycles. The second-order valence-electron chi connectivity index (χ2n) is 4.89. The molecule has 0 radical (unpaired) electrons. The number of benzene rings is 1. The molecule has 0 aliphatic rings. The lowest BCUT2D eigenvalue weighted by atomic mass is 10.2. The average Bonchev–Trinajstić information content (AvgIpc) is 2.92. The Bertz CT molecular complexity index is 777. The van der Waals surface area contributed by atoms with Gasteiger partial charge in [-0.1, -0.05) is 31.2 Å². The first-order chi connectivity index (χ1) is 10.2. The summed E-state index contributed by atoms with van der Waals surface area (Å²) in [5, 5.41) is 0. The van der Waals surface area contributed by atoms with Crippen molar-refractivity contribution in [3.8, 4) is 0 Å². The molecule has 21 heavy (non-hydrogen) atoms. The van der Waals surface area contributed by atoms with E-state index < -0.39 is 0 Å². The molecule has 0 fully saturated rings. The Morgan fingerprint density at radius 2 is 1.86 bits per heavy atom. The Labute approximate surface area is 123 Å². The topological polar surface area (TPSA) is 37.6 Å². The molecule has 0 unspecified atom stereocenters. The van der Waals surface area contributed by atoms with Crippen LogP contribution in [-0.2, 0) is 6.42 Å². The molecular formula is C17H17N3O. The third-order valence-electron chi connectivity index (χ3n) is 3.59. The van der Waals surface area contributed by atoms with E-state index in [0.717, 1.165) is 23.4 Å². The Morgan fingerprint density at radius 1 is 1.14 bits per heavy atom. The molecule has 0 saturated carbocycles. The summed E-state index contributed by atoms with van der Waals surface area (Å²) < 4.78 is 1.86. The summed E-state index contributed by atoms with van der Waals surface area (Å²) in [4.78, 5) is 19.1. The van der Waals surface area contributed by atoms with Crippen molar-refractivity contribution in [1.29, 1.82) is 0 Å². The number of hydrogen-bond donors (Lipinski definition) is 0. The van der Waals surface area contributed by atoms with Gasteiger partial charge in [-0.15, -0.1) is 0 Å². The van der Waals surface area contributed by atoms with E-state index in [0.29, 0.717) is 5.69 Å². The molecule has 1 amide bonds. The Morgan fingerprint density at radius 3 is 2.57 bits per heavy atom. The molecule has 2 aromatic heterocycles. The van der Waals surface area contributed by atoms with Gasteiger partial charge in [0.2, 0.25) is 0 Å². The van der Waals surface area contributed by atoms with Crippen molar-refractivity contribution in [2.45, 2.75) is 13.3 Å². The third-order valence-corrected chi connectivity index (χ3v) is 3.59. The zero-order chi connectivity index (χ0) is 14.8. The zero-order valence-corrected chi connectivity index (χ0v) is 12.2. The predicted octanol–water partition coefficient (Wildman–Crippen LogP) is 3.17. The second-order valence-corrected chi connectivity index (χ2v) is 4.89. The standard InChI is InChI=1S/C17H17N3O/c1-3-14-16(20-12-8-7-11-15(20)18-14)17(21)19(2)13-9-5-4-6-10-13/h4-12H,3H2,1-2H3. The number of fused-ring (bicyclic) bond motifs is 1. The Hall–Kier alpha value is -2.62. The number of rotatable bonds is 3. The molecule has 2 heterocycles. The molecule has 0 N–H and O–H groups in total. The fraction of sp³-hybridized carbons (Fsp3) is 0.176. The molecule has 0 aliphatic carbocycles. The summed E-state index contributed by atoms with van der Waals surface area (Å²) in [6.07, 6.45) is 2.61. The lowest BCUT2D eigenvalue weighted by Crippen LogP contribution is -2.28. The van der Waals surface area contributed by atoms with Gasteiger partial charge in [0.1, 0.15) is 11.3 Å². The van der Waals surface area contributed by atoms with E-state index in [-0.39, 0.29) is 5.91 Å². The maximum atomic E-state index is 12.9. The molecule has 4 heteroatoms. The summed E-state index contributed by atoms with van der Waals surface area (Å²) in [6.45, 7) is 2.01. The first kappa shape index (κ1) is 13.4. The number of para-hydroxylation sites is 1. The highest BCUT2D eigenvalue weighted by Gasteiger charge is 2.21. The second kappa shape index (κ2) is 5.40. The van der Waals surface area contributed by atoms with E-state index in [1.807, 2.05) is 66.1 Å². The molecule has 3 rings (SSSR count). The van der Waals surface area contributed by atoms with Crippen LogP contribution in [0.1, 0.15) is 23.1 Å². The van der Waals surface area contributed by atoms with E-state index in [1.54, 1.807) is 11.9 Å². The van der Waals surface area contributed by atoms with Gasteiger partial charge in [0.25, 0.3) is 5.91 Å². The van der Waals surface area contributed by atoms with Crippen molar-refractivity contribution < 1.29 is 4.79 Å². The lowest BCUT2D eigenvalue weighted by molar-refractivity contribution is 0.0986. The average molecular weight is 279 g/mol. The van der Waals surface area contributed by atoms with Crippen LogP contribution in [0.5, 0.6) is 0 Å². The number of anilines is 1. The highest BCUT2D eigenvalue weighted by atomic mass is 16.2. The number of nitrogens with zero attached hydrogens (tertiary/aromatic N) is 3. The lowest BCUT2D eigenvalue weighted by Gasteiger charge is -2.17. The van der Waals surface area contributed by atoms with Crippen molar-refractivity contribution in [1.82, 2.24) is 9.38 Å². The molecule has 0 bridgehead atoms. The Balaban J connectivity index is 2.09. The van der Waals surface area contributed by atoms with Crippen molar-refractivity contribution in [2.24, 2.45) is 0 Å². The smallest absolute Gasteiger partial charge is 0.276 e. The van der Waals surface area contributed by atoms with Gasteiger partial charge >= 0.3 is 0 Å². The fourth-order valence-electron chi connectivity index (χ4n) is 2.45. The van der Waals surface area contributed by atoms with Gasteiger partial charge in [-0.2, -0.15) is 0 Å². The van der Waals surface area contributed by atoms with Gasteiger partial charge in [-0.05, 0) is 30.7 Å². The first-order valence-corrected chi connectivity index (χ1v) is 7.01. The fourth-order valence-corrected chi connectivity index (χ4v) is 2.45. The quantitative estimate of drug-likeness (QED) is 0.738. The van der Waals surface area contributed by atoms with Crippen LogP contribution in [0.3, 0.4) is 0 Å². The van der Waals surface area contributed by atoms with E-state index in [4.69, 9.17) is 0 Å². The summed E-state index contributed by atoms with van der Waals surface area (Å²) in [5.74, 6) is -0.0447. The number of aryl methyl sites for hydroxylation is 1. The van der Waals surface area contributed by atoms with Crippen LogP contribution in [-0.4, -0.2) is 22.3 Å². The van der Waals surface area contributed by atoms with Crippen molar-refractivity contribution in [3.63, 3.8) is 0 Å². The van der Waals surface area contributed by atoms with Crippen LogP contribution >= 0.6 is 0 Å². The summed E-state index contributed by atoms with van der Waals surface area (Å²) in [6, 6.07) is 15.4. The van der Waals surface area contributed by atoms with E-state index in [1.165, 1.54) is 0 Å². The number of pyridine rings is 1. The number of aromatic nitrogens is 2. The van der Waals surface area contributed by atoms with E-state index >= 15 is 0 Å². The molecule has 4 nitrogen and oxygen atoms in total. The maximum absolute atomic E-state index is 12.9. The van der Waals surface area contributed by atoms with Crippen molar-refractivity contribution in [2.75, 3.05) is 11.9 Å². The summed E-state index contributed by atoms with van der Waals surface area (Å²) in [5.41, 5.74) is 3.14. The van der Waals surface area contributed by atoms with Gasteiger partial charge in [0.15, 0.2) is 0 Å². The van der Waals surface area contributed by atoms with Gasteiger partial charge in [-0.25, -0.2) is 4.98 Å². The van der Waals surface area contributed by atoms with E-state index in [2.05, 4.69) is 4.98 Å². The maximum Gasteiger partial charge on any atom is 0.276 e. The monoisotopic (exact) mass is 279 g/mol. The van der Waals surface area contributed by atoms with Crippen LogP contribution in [0, 0.1) is 0 Å². The molecule has 0 spiro atoms. The van der Waals surface area contributed by atoms with Gasteiger partial charge in [0, 0.05) is 18.9 Å². The first-order valence-electron chi connectivity index (χ1n) is 7.01. The minimum Gasteiger partial charge on any atom is -0.310 e. The molecule has 0 saturated heterocycles. The highest BCUT2D eigenvalue weighted by Crippen LogP contribution is 2.19. The van der Waals surface area contributed by atoms with Gasteiger partial charge in [-0.3, -0.25) is 9.20 Å². The third kappa shape index (κ3) is 2.29. The van der Waals surface area contributed by atoms with Crippen LogP contribution in [0.15, 0.2) is 54.7 Å². The molecule has 106 valence electrons. The molecule has 3 aromatic rings. The van der Waals surface area contributed by atoms with Crippen molar-refractivity contribution >= 4 is 17.2 Å².